The molecule has 2 saturated carbocycles. The zero-order chi connectivity index (χ0) is 19.8. The Labute approximate surface area is 171 Å². The van der Waals surface area contributed by atoms with Gasteiger partial charge in [0.15, 0.2) is 0 Å². The first-order chi connectivity index (χ1) is 13.7. The molecule has 2 aliphatic carbocycles. The molecule has 1 aromatic carbocycles. The highest BCUT2D eigenvalue weighted by Crippen LogP contribution is 2.43. The first-order valence-corrected chi connectivity index (χ1v) is 11.9. The van der Waals surface area contributed by atoms with Gasteiger partial charge in [-0.15, -0.1) is 0 Å². The largest absolute Gasteiger partial charge is 0.206 e. The van der Waals surface area contributed by atoms with E-state index in [1.807, 2.05) is 12.1 Å². The summed E-state index contributed by atoms with van der Waals surface area (Å²) in [5.74, 6) is 3.62. The number of benzene rings is 1. The Kier molecular flexibility index (Phi) is 8.38. The van der Waals surface area contributed by atoms with Gasteiger partial charge in [-0.25, -0.2) is 4.39 Å². The van der Waals surface area contributed by atoms with Crippen LogP contribution in [0, 0.1) is 40.8 Å². The Bertz CT molecular complexity index is 630. The molecular weight excluding hydrogens is 345 g/mol. The molecule has 0 radical (unpaired) electrons. The number of nitriles is 1. The monoisotopic (exact) mass is 383 g/mol. The van der Waals surface area contributed by atoms with Gasteiger partial charge in [0.25, 0.3) is 0 Å². The van der Waals surface area contributed by atoms with Crippen LogP contribution in [0.4, 0.5) is 4.39 Å². The second kappa shape index (κ2) is 11.0. The van der Waals surface area contributed by atoms with Gasteiger partial charge in [-0.1, -0.05) is 64.4 Å². The second-order valence-electron chi connectivity index (χ2n) is 9.52. The molecule has 0 N–H and O–H groups in total. The summed E-state index contributed by atoms with van der Waals surface area (Å²) in [7, 11) is 0. The molecule has 0 spiro atoms. The maximum absolute atomic E-state index is 13.7. The lowest BCUT2D eigenvalue weighted by atomic mass is 9.68. The molecule has 0 unspecified atom stereocenters. The highest BCUT2D eigenvalue weighted by atomic mass is 19.1. The van der Waals surface area contributed by atoms with E-state index in [1.165, 1.54) is 77.0 Å². The molecule has 0 aliphatic heterocycles. The molecule has 2 fully saturated rings. The zero-order valence-corrected chi connectivity index (χ0v) is 17.8. The van der Waals surface area contributed by atoms with Gasteiger partial charge in [-0.05, 0) is 79.9 Å². The third-order valence-electron chi connectivity index (χ3n) is 7.63. The van der Waals surface area contributed by atoms with Crippen LogP contribution in [0.1, 0.15) is 102 Å². The van der Waals surface area contributed by atoms with E-state index < -0.39 is 0 Å². The summed E-state index contributed by atoms with van der Waals surface area (Å²) in [5.41, 5.74) is 1.18. The fourth-order valence-corrected chi connectivity index (χ4v) is 5.87. The number of hydrogen-bond donors (Lipinski definition) is 0. The van der Waals surface area contributed by atoms with Crippen LogP contribution in [0.25, 0.3) is 0 Å². The maximum atomic E-state index is 13.7. The van der Waals surface area contributed by atoms with E-state index in [0.717, 1.165) is 42.1 Å². The predicted octanol–water partition coefficient (Wildman–Crippen LogP) is 7.82. The van der Waals surface area contributed by atoms with Crippen molar-refractivity contribution in [2.24, 2.45) is 23.7 Å². The molecule has 2 heteroatoms. The third kappa shape index (κ3) is 6.07. The molecule has 1 aromatic rings. The smallest absolute Gasteiger partial charge is 0.141 e. The molecule has 154 valence electrons. The Morgan fingerprint density at radius 1 is 0.893 bits per heavy atom. The fraction of sp³-hybridized carbons (Fsp3) is 0.731. The molecule has 0 amide bonds. The van der Waals surface area contributed by atoms with Crippen molar-refractivity contribution >= 4 is 0 Å². The maximum Gasteiger partial charge on any atom is 0.141 e. The van der Waals surface area contributed by atoms with Gasteiger partial charge in [0.1, 0.15) is 11.9 Å². The molecule has 0 aromatic heterocycles. The topological polar surface area (TPSA) is 23.8 Å². The summed E-state index contributed by atoms with van der Waals surface area (Å²) in [5, 5.41) is 8.81. The second-order valence-corrected chi connectivity index (χ2v) is 9.52. The van der Waals surface area contributed by atoms with Crippen molar-refractivity contribution < 1.29 is 4.39 Å². The van der Waals surface area contributed by atoms with E-state index in [4.69, 9.17) is 5.26 Å². The van der Waals surface area contributed by atoms with Gasteiger partial charge in [-0.2, -0.15) is 5.26 Å². The van der Waals surface area contributed by atoms with Gasteiger partial charge < -0.3 is 0 Å². The van der Waals surface area contributed by atoms with Crippen LogP contribution in [0.15, 0.2) is 18.2 Å². The quantitative estimate of drug-likeness (QED) is 0.420. The number of aryl methyl sites for hydroxylation is 1. The van der Waals surface area contributed by atoms with Crippen LogP contribution in [0.5, 0.6) is 0 Å². The Morgan fingerprint density at radius 3 is 2.04 bits per heavy atom. The van der Waals surface area contributed by atoms with E-state index in [0.29, 0.717) is 0 Å². The summed E-state index contributed by atoms with van der Waals surface area (Å²) in [6, 6.07) is 6.95. The Balaban J connectivity index is 1.30. The van der Waals surface area contributed by atoms with E-state index in [2.05, 4.69) is 6.92 Å². The predicted molar refractivity (Wildman–Crippen MR) is 114 cm³/mol. The molecule has 0 atom stereocenters. The Hall–Kier alpha value is -1.36. The SMILES string of the molecule is CCCC1CCC(C2CCC(CCCCc3ccc(C#N)c(F)c3)CC2)CC1. The lowest BCUT2D eigenvalue weighted by Gasteiger charge is -2.38. The number of hydrogen-bond acceptors (Lipinski definition) is 1. The summed E-state index contributed by atoms with van der Waals surface area (Å²) in [6.45, 7) is 2.33. The molecule has 0 saturated heterocycles. The molecule has 2 aliphatic rings. The number of unbranched alkanes of at least 4 members (excludes halogenated alkanes) is 1. The van der Waals surface area contributed by atoms with Gasteiger partial charge in [0, 0.05) is 0 Å². The highest BCUT2D eigenvalue weighted by molar-refractivity contribution is 5.33. The van der Waals surface area contributed by atoms with Crippen LogP contribution < -0.4 is 0 Å². The van der Waals surface area contributed by atoms with Crippen molar-refractivity contribution in [1.82, 2.24) is 0 Å². The van der Waals surface area contributed by atoms with Gasteiger partial charge >= 0.3 is 0 Å². The standard InChI is InChI=1S/C26H38FN/c1-2-5-20-8-13-23(14-9-20)24-15-10-21(11-16-24)6-3-4-7-22-12-17-25(19-28)26(27)18-22/h12,17-18,20-21,23-24H,2-11,13-16H2,1H3. The minimum atomic E-state index is -0.373. The van der Waals surface area contributed by atoms with Crippen LogP contribution >= 0.6 is 0 Å². The van der Waals surface area contributed by atoms with Crippen molar-refractivity contribution in [3.63, 3.8) is 0 Å². The van der Waals surface area contributed by atoms with Gasteiger partial charge in [0.05, 0.1) is 5.56 Å². The van der Waals surface area contributed by atoms with Crippen molar-refractivity contribution in [2.75, 3.05) is 0 Å². The van der Waals surface area contributed by atoms with E-state index in [9.17, 15) is 4.39 Å². The summed E-state index contributed by atoms with van der Waals surface area (Å²) >= 11 is 0. The summed E-state index contributed by atoms with van der Waals surface area (Å²) in [4.78, 5) is 0. The van der Waals surface area contributed by atoms with Gasteiger partial charge in [0.2, 0.25) is 0 Å². The summed E-state index contributed by atoms with van der Waals surface area (Å²) in [6.07, 6.45) is 19.3. The zero-order valence-electron chi connectivity index (χ0n) is 17.8. The van der Waals surface area contributed by atoms with Crippen LogP contribution in [-0.4, -0.2) is 0 Å². The number of rotatable bonds is 8. The average molecular weight is 384 g/mol. The highest BCUT2D eigenvalue weighted by Gasteiger charge is 2.30. The van der Waals surface area contributed by atoms with Crippen molar-refractivity contribution in [3.8, 4) is 6.07 Å². The molecule has 28 heavy (non-hydrogen) atoms. The van der Waals surface area contributed by atoms with E-state index >= 15 is 0 Å². The minimum absolute atomic E-state index is 0.152. The van der Waals surface area contributed by atoms with Crippen LogP contribution in [0.2, 0.25) is 0 Å². The first-order valence-electron chi connectivity index (χ1n) is 11.9. The molecule has 0 bridgehead atoms. The van der Waals surface area contributed by atoms with E-state index in [1.54, 1.807) is 12.1 Å². The average Bonchev–Trinajstić information content (AvgIpc) is 2.73. The summed E-state index contributed by atoms with van der Waals surface area (Å²) < 4.78 is 13.7. The molecule has 1 nitrogen and oxygen atoms in total. The molecule has 3 rings (SSSR count). The lowest BCUT2D eigenvalue weighted by Crippen LogP contribution is -2.25. The van der Waals surface area contributed by atoms with E-state index in [-0.39, 0.29) is 11.4 Å². The lowest BCUT2D eigenvalue weighted by molar-refractivity contribution is 0.140. The fourth-order valence-electron chi connectivity index (χ4n) is 5.87. The molecular formula is C26H38FN. The number of halogens is 1. The molecule has 0 heterocycles. The van der Waals surface area contributed by atoms with Gasteiger partial charge in [-0.3, -0.25) is 0 Å². The normalized spacial score (nSPS) is 28.0. The first kappa shape index (κ1) is 21.4. The van der Waals surface area contributed by atoms with Crippen LogP contribution in [0.3, 0.4) is 0 Å². The minimum Gasteiger partial charge on any atom is -0.206 e. The van der Waals surface area contributed by atoms with Crippen molar-refractivity contribution in [3.05, 3.63) is 35.1 Å². The number of nitrogens with zero attached hydrogens (tertiary/aromatic N) is 1. The van der Waals surface area contributed by atoms with Crippen molar-refractivity contribution in [2.45, 2.75) is 96.8 Å². The Morgan fingerprint density at radius 2 is 1.50 bits per heavy atom. The third-order valence-corrected chi connectivity index (χ3v) is 7.63. The van der Waals surface area contributed by atoms with Crippen molar-refractivity contribution in [1.29, 1.82) is 5.26 Å². The van der Waals surface area contributed by atoms with Crippen LogP contribution in [-0.2, 0) is 6.42 Å².